The molecule has 1 aromatic rings. The fourth-order valence-electron chi connectivity index (χ4n) is 2.59. The lowest BCUT2D eigenvalue weighted by molar-refractivity contribution is -0.117. The molecular formula is C17H23NO3. The van der Waals surface area contributed by atoms with Crippen molar-refractivity contribution in [1.82, 2.24) is 5.32 Å². The Labute approximate surface area is 126 Å². The molecule has 0 unspecified atom stereocenters. The Morgan fingerprint density at radius 2 is 1.71 bits per heavy atom. The van der Waals surface area contributed by atoms with Crippen LogP contribution in [-0.2, 0) is 4.79 Å². The van der Waals surface area contributed by atoms with Crippen LogP contribution in [0.4, 0.5) is 0 Å². The molecule has 1 amide bonds. The van der Waals surface area contributed by atoms with Gasteiger partial charge in [0.1, 0.15) is 11.5 Å². The van der Waals surface area contributed by atoms with Gasteiger partial charge in [-0.1, -0.05) is 19.3 Å². The number of benzene rings is 1. The monoisotopic (exact) mass is 289 g/mol. The van der Waals surface area contributed by atoms with E-state index in [1.165, 1.54) is 19.3 Å². The second-order valence-corrected chi connectivity index (χ2v) is 5.32. The predicted octanol–water partition coefficient (Wildman–Crippen LogP) is 3.17. The summed E-state index contributed by atoms with van der Waals surface area (Å²) in [7, 11) is 3.22. The van der Waals surface area contributed by atoms with Gasteiger partial charge in [-0.15, -0.1) is 0 Å². The molecule has 0 aliphatic heterocycles. The van der Waals surface area contributed by atoms with E-state index in [1.807, 2.05) is 12.1 Å². The van der Waals surface area contributed by atoms with Crippen LogP contribution < -0.4 is 14.8 Å². The molecule has 114 valence electrons. The third-order valence-corrected chi connectivity index (χ3v) is 3.75. The first-order chi connectivity index (χ1) is 10.2. The average molecular weight is 289 g/mol. The number of methoxy groups -OCH3 is 2. The van der Waals surface area contributed by atoms with Gasteiger partial charge in [-0.05, 0) is 36.6 Å². The highest BCUT2D eigenvalue weighted by Crippen LogP contribution is 2.23. The molecule has 0 saturated heterocycles. The van der Waals surface area contributed by atoms with Crippen LogP contribution in [-0.4, -0.2) is 26.2 Å². The van der Waals surface area contributed by atoms with Crippen LogP contribution in [0.25, 0.3) is 6.08 Å². The lowest BCUT2D eigenvalue weighted by Gasteiger charge is -2.21. The van der Waals surface area contributed by atoms with Crippen molar-refractivity contribution in [3.63, 3.8) is 0 Å². The molecule has 1 aliphatic carbocycles. The summed E-state index contributed by atoms with van der Waals surface area (Å²) in [5, 5.41) is 3.06. The quantitative estimate of drug-likeness (QED) is 0.847. The van der Waals surface area contributed by atoms with Crippen LogP contribution in [0, 0.1) is 0 Å². The Kier molecular flexibility index (Phi) is 5.67. The van der Waals surface area contributed by atoms with Gasteiger partial charge in [-0.2, -0.15) is 0 Å². The maximum Gasteiger partial charge on any atom is 0.244 e. The third-order valence-electron chi connectivity index (χ3n) is 3.75. The number of nitrogens with one attached hydrogen (secondary N) is 1. The molecule has 1 aromatic carbocycles. The molecule has 4 nitrogen and oxygen atoms in total. The van der Waals surface area contributed by atoms with Crippen LogP contribution in [0.5, 0.6) is 11.5 Å². The first-order valence-corrected chi connectivity index (χ1v) is 7.43. The van der Waals surface area contributed by atoms with Crippen molar-refractivity contribution in [2.45, 2.75) is 38.1 Å². The summed E-state index contributed by atoms with van der Waals surface area (Å²) in [4.78, 5) is 11.9. The van der Waals surface area contributed by atoms with Crippen LogP contribution >= 0.6 is 0 Å². The number of rotatable bonds is 5. The highest BCUT2D eigenvalue weighted by molar-refractivity contribution is 5.92. The summed E-state index contributed by atoms with van der Waals surface area (Å²) in [5.41, 5.74) is 0.880. The van der Waals surface area contributed by atoms with Crippen LogP contribution in [0.15, 0.2) is 24.3 Å². The Bertz CT molecular complexity index is 483. The molecule has 0 spiro atoms. The van der Waals surface area contributed by atoms with Gasteiger partial charge >= 0.3 is 0 Å². The van der Waals surface area contributed by atoms with E-state index in [9.17, 15) is 4.79 Å². The van der Waals surface area contributed by atoms with Gasteiger partial charge < -0.3 is 14.8 Å². The van der Waals surface area contributed by atoms with Gasteiger partial charge in [0.15, 0.2) is 0 Å². The molecule has 4 heteroatoms. The second kappa shape index (κ2) is 7.72. The normalized spacial score (nSPS) is 15.9. The third kappa shape index (κ3) is 4.81. The Morgan fingerprint density at radius 3 is 2.29 bits per heavy atom. The van der Waals surface area contributed by atoms with Crippen molar-refractivity contribution < 1.29 is 14.3 Å². The van der Waals surface area contributed by atoms with E-state index in [0.29, 0.717) is 17.5 Å². The maximum absolute atomic E-state index is 11.9. The summed E-state index contributed by atoms with van der Waals surface area (Å²) in [6, 6.07) is 5.87. The lowest BCUT2D eigenvalue weighted by Crippen LogP contribution is -2.34. The van der Waals surface area contributed by atoms with Crippen LogP contribution in [0.2, 0.25) is 0 Å². The standard InChI is InChI=1S/C17H23NO3/c1-20-15-10-13(11-16(12-15)21-2)8-9-17(19)18-14-6-4-3-5-7-14/h8-12,14H,3-7H2,1-2H3,(H,18,19)/b9-8+. The van der Waals surface area contributed by atoms with E-state index in [1.54, 1.807) is 32.4 Å². The summed E-state index contributed by atoms with van der Waals surface area (Å²) < 4.78 is 10.4. The van der Waals surface area contributed by atoms with Crippen LogP contribution in [0.3, 0.4) is 0 Å². The zero-order valence-electron chi connectivity index (χ0n) is 12.7. The molecule has 1 fully saturated rings. The fourth-order valence-corrected chi connectivity index (χ4v) is 2.59. The molecule has 1 saturated carbocycles. The molecule has 21 heavy (non-hydrogen) atoms. The van der Waals surface area contributed by atoms with Crippen LogP contribution in [0.1, 0.15) is 37.7 Å². The molecule has 2 rings (SSSR count). The Balaban J connectivity index is 1.97. The van der Waals surface area contributed by atoms with Crippen molar-refractivity contribution in [3.05, 3.63) is 29.8 Å². The summed E-state index contributed by atoms with van der Waals surface area (Å²) in [6.45, 7) is 0. The highest BCUT2D eigenvalue weighted by Gasteiger charge is 2.14. The Hall–Kier alpha value is -1.97. The van der Waals surface area contributed by atoms with E-state index in [2.05, 4.69) is 5.32 Å². The van der Waals surface area contributed by atoms with Crippen molar-refractivity contribution in [3.8, 4) is 11.5 Å². The second-order valence-electron chi connectivity index (χ2n) is 5.32. The van der Waals surface area contributed by atoms with E-state index >= 15 is 0 Å². The highest BCUT2D eigenvalue weighted by atomic mass is 16.5. The van der Waals surface area contributed by atoms with Crippen molar-refractivity contribution in [2.24, 2.45) is 0 Å². The molecule has 1 aliphatic rings. The number of ether oxygens (including phenoxy) is 2. The average Bonchev–Trinajstić information content (AvgIpc) is 2.53. The number of amides is 1. The SMILES string of the molecule is COc1cc(/C=C/C(=O)NC2CCCCC2)cc(OC)c1. The van der Waals surface area contributed by atoms with E-state index in [4.69, 9.17) is 9.47 Å². The van der Waals surface area contributed by atoms with Gasteiger partial charge in [0.05, 0.1) is 14.2 Å². The Morgan fingerprint density at radius 1 is 1.10 bits per heavy atom. The molecule has 1 N–H and O–H groups in total. The van der Waals surface area contributed by atoms with Gasteiger partial charge in [-0.25, -0.2) is 0 Å². The minimum Gasteiger partial charge on any atom is -0.497 e. The van der Waals surface area contributed by atoms with Crippen molar-refractivity contribution >= 4 is 12.0 Å². The van der Waals surface area contributed by atoms with Crippen molar-refractivity contribution in [1.29, 1.82) is 0 Å². The molecule has 0 heterocycles. The van der Waals surface area contributed by atoms with Gasteiger partial charge in [0, 0.05) is 18.2 Å². The van der Waals surface area contributed by atoms with Crippen molar-refractivity contribution in [2.75, 3.05) is 14.2 Å². The van der Waals surface area contributed by atoms with E-state index in [-0.39, 0.29) is 5.91 Å². The largest absolute Gasteiger partial charge is 0.497 e. The zero-order valence-corrected chi connectivity index (χ0v) is 12.7. The molecule has 0 radical (unpaired) electrons. The molecule has 0 aromatic heterocycles. The predicted molar refractivity (Wildman–Crippen MR) is 83.6 cm³/mol. The first kappa shape index (κ1) is 15.4. The lowest BCUT2D eigenvalue weighted by atomic mass is 9.95. The summed E-state index contributed by atoms with van der Waals surface area (Å²) >= 11 is 0. The topological polar surface area (TPSA) is 47.6 Å². The van der Waals surface area contributed by atoms with Gasteiger partial charge in [0.2, 0.25) is 5.91 Å². The number of carbonyl (C=O) groups is 1. The summed E-state index contributed by atoms with van der Waals surface area (Å²) in [5.74, 6) is 1.38. The zero-order chi connectivity index (χ0) is 15.1. The van der Waals surface area contributed by atoms with Gasteiger partial charge in [0.25, 0.3) is 0 Å². The van der Waals surface area contributed by atoms with E-state index < -0.39 is 0 Å². The number of hydrogen-bond acceptors (Lipinski definition) is 3. The minimum atomic E-state index is -0.0383. The number of carbonyl (C=O) groups excluding carboxylic acids is 1. The first-order valence-electron chi connectivity index (χ1n) is 7.43. The fraction of sp³-hybridized carbons (Fsp3) is 0.471. The maximum atomic E-state index is 11.9. The molecular weight excluding hydrogens is 266 g/mol. The smallest absolute Gasteiger partial charge is 0.244 e. The van der Waals surface area contributed by atoms with Gasteiger partial charge in [-0.3, -0.25) is 4.79 Å². The molecule has 0 atom stereocenters. The summed E-state index contributed by atoms with van der Waals surface area (Å²) in [6.07, 6.45) is 9.24. The van der Waals surface area contributed by atoms with E-state index in [0.717, 1.165) is 18.4 Å². The minimum absolute atomic E-state index is 0.0383. The molecule has 0 bridgehead atoms. The number of hydrogen-bond donors (Lipinski definition) is 1.